The fourth-order valence-corrected chi connectivity index (χ4v) is 3.90. The Morgan fingerprint density at radius 3 is 2.67 bits per heavy atom. The first-order valence-electron chi connectivity index (χ1n) is 8.66. The Bertz CT molecular complexity index is 449. The van der Waals surface area contributed by atoms with E-state index in [-0.39, 0.29) is 5.60 Å². The van der Waals surface area contributed by atoms with Gasteiger partial charge in [-0.15, -0.1) is 0 Å². The van der Waals surface area contributed by atoms with E-state index in [0.717, 1.165) is 13.2 Å². The van der Waals surface area contributed by atoms with Crippen molar-refractivity contribution in [1.82, 2.24) is 5.32 Å². The molecule has 0 bridgehead atoms. The van der Waals surface area contributed by atoms with Crippen molar-refractivity contribution in [3.8, 4) is 0 Å². The van der Waals surface area contributed by atoms with Crippen LogP contribution in [-0.4, -0.2) is 18.8 Å². The Balaban J connectivity index is 1.76. The molecule has 2 unspecified atom stereocenters. The van der Waals surface area contributed by atoms with E-state index in [0.29, 0.717) is 12.0 Å². The number of aryl methyl sites for hydroxylation is 1. The summed E-state index contributed by atoms with van der Waals surface area (Å²) in [6.07, 6.45) is 7.52. The molecule has 1 heterocycles. The SMILES string of the molecule is CCCNC(c1ccc(C)cc1)C1CCOC2(CCC2)C1. The number of rotatable bonds is 5. The average molecular weight is 287 g/mol. The lowest BCUT2D eigenvalue weighted by Gasteiger charge is -2.49. The van der Waals surface area contributed by atoms with Gasteiger partial charge in [-0.1, -0.05) is 36.8 Å². The van der Waals surface area contributed by atoms with E-state index in [2.05, 4.69) is 43.4 Å². The summed E-state index contributed by atoms with van der Waals surface area (Å²) in [5.74, 6) is 0.716. The molecule has 116 valence electrons. The number of hydrogen-bond donors (Lipinski definition) is 1. The second-order valence-electron chi connectivity index (χ2n) is 6.98. The van der Waals surface area contributed by atoms with Crippen LogP contribution in [0, 0.1) is 12.8 Å². The molecule has 0 radical (unpaired) electrons. The summed E-state index contributed by atoms with van der Waals surface area (Å²) in [4.78, 5) is 0. The molecular weight excluding hydrogens is 258 g/mol. The Morgan fingerprint density at radius 1 is 1.29 bits per heavy atom. The molecule has 0 aromatic heterocycles. The van der Waals surface area contributed by atoms with Crippen LogP contribution in [0.5, 0.6) is 0 Å². The maximum absolute atomic E-state index is 6.11. The van der Waals surface area contributed by atoms with Crippen molar-refractivity contribution >= 4 is 0 Å². The molecule has 1 aliphatic heterocycles. The lowest BCUT2D eigenvalue weighted by Crippen LogP contribution is -2.48. The van der Waals surface area contributed by atoms with Gasteiger partial charge in [-0.05, 0) is 63.5 Å². The molecule has 2 aliphatic rings. The largest absolute Gasteiger partial charge is 0.375 e. The smallest absolute Gasteiger partial charge is 0.0686 e. The van der Waals surface area contributed by atoms with Crippen molar-refractivity contribution in [2.24, 2.45) is 5.92 Å². The highest BCUT2D eigenvalue weighted by molar-refractivity contribution is 5.25. The van der Waals surface area contributed by atoms with Crippen molar-refractivity contribution in [2.75, 3.05) is 13.2 Å². The van der Waals surface area contributed by atoms with Gasteiger partial charge in [0, 0.05) is 12.6 Å². The van der Waals surface area contributed by atoms with E-state index in [4.69, 9.17) is 4.74 Å². The minimum atomic E-state index is 0.236. The number of nitrogens with one attached hydrogen (secondary N) is 1. The Kier molecular flexibility index (Phi) is 4.66. The highest BCUT2D eigenvalue weighted by atomic mass is 16.5. The molecule has 2 atom stereocenters. The first kappa shape index (κ1) is 15.1. The zero-order valence-electron chi connectivity index (χ0n) is 13.5. The third-order valence-corrected chi connectivity index (χ3v) is 5.32. The van der Waals surface area contributed by atoms with E-state index in [1.807, 2.05) is 0 Å². The highest BCUT2D eigenvalue weighted by Crippen LogP contribution is 2.47. The lowest BCUT2D eigenvalue weighted by atomic mass is 9.69. The Labute approximate surface area is 129 Å². The van der Waals surface area contributed by atoms with Crippen LogP contribution >= 0.6 is 0 Å². The van der Waals surface area contributed by atoms with Crippen LogP contribution < -0.4 is 5.32 Å². The molecule has 2 nitrogen and oxygen atoms in total. The summed E-state index contributed by atoms with van der Waals surface area (Å²) in [5.41, 5.74) is 3.03. The van der Waals surface area contributed by atoms with Gasteiger partial charge in [-0.25, -0.2) is 0 Å². The third-order valence-electron chi connectivity index (χ3n) is 5.32. The second-order valence-corrected chi connectivity index (χ2v) is 6.98. The Morgan fingerprint density at radius 2 is 2.05 bits per heavy atom. The summed E-state index contributed by atoms with van der Waals surface area (Å²) < 4.78 is 6.11. The van der Waals surface area contributed by atoms with Crippen LogP contribution in [0.2, 0.25) is 0 Å². The molecule has 1 saturated carbocycles. The first-order chi connectivity index (χ1) is 10.2. The first-order valence-corrected chi connectivity index (χ1v) is 8.66. The van der Waals surface area contributed by atoms with Crippen LogP contribution in [0.4, 0.5) is 0 Å². The molecule has 1 saturated heterocycles. The molecule has 1 aliphatic carbocycles. The van der Waals surface area contributed by atoms with E-state index in [9.17, 15) is 0 Å². The molecule has 21 heavy (non-hydrogen) atoms. The van der Waals surface area contributed by atoms with Crippen molar-refractivity contribution in [2.45, 2.75) is 64.0 Å². The minimum Gasteiger partial charge on any atom is -0.375 e. The zero-order valence-corrected chi connectivity index (χ0v) is 13.5. The zero-order chi connectivity index (χ0) is 14.7. The van der Waals surface area contributed by atoms with Gasteiger partial charge in [-0.2, -0.15) is 0 Å². The second kappa shape index (κ2) is 6.50. The third kappa shape index (κ3) is 3.32. The van der Waals surface area contributed by atoms with Gasteiger partial charge in [0.2, 0.25) is 0 Å². The normalized spacial score (nSPS) is 25.5. The van der Waals surface area contributed by atoms with Crippen LogP contribution in [0.1, 0.15) is 62.6 Å². The molecule has 2 heteroatoms. The summed E-state index contributed by atoms with van der Waals surface area (Å²) in [5, 5.41) is 3.81. The number of hydrogen-bond acceptors (Lipinski definition) is 2. The fraction of sp³-hybridized carbons (Fsp3) is 0.684. The molecule has 1 N–H and O–H groups in total. The van der Waals surface area contributed by atoms with Crippen LogP contribution in [-0.2, 0) is 4.74 Å². The van der Waals surface area contributed by atoms with Gasteiger partial charge in [0.15, 0.2) is 0 Å². The van der Waals surface area contributed by atoms with E-state index in [1.165, 1.54) is 49.7 Å². The lowest BCUT2D eigenvalue weighted by molar-refractivity contribution is -0.147. The topological polar surface area (TPSA) is 21.3 Å². The van der Waals surface area contributed by atoms with Gasteiger partial charge in [0.25, 0.3) is 0 Å². The quantitative estimate of drug-likeness (QED) is 0.867. The van der Waals surface area contributed by atoms with Crippen molar-refractivity contribution in [3.63, 3.8) is 0 Å². The van der Waals surface area contributed by atoms with Gasteiger partial charge in [0.05, 0.1) is 5.60 Å². The molecule has 2 fully saturated rings. The van der Waals surface area contributed by atoms with Crippen molar-refractivity contribution in [3.05, 3.63) is 35.4 Å². The van der Waals surface area contributed by atoms with Gasteiger partial charge in [-0.3, -0.25) is 0 Å². The average Bonchev–Trinajstić information content (AvgIpc) is 2.48. The molecule has 3 rings (SSSR count). The van der Waals surface area contributed by atoms with E-state index >= 15 is 0 Å². The summed E-state index contributed by atoms with van der Waals surface area (Å²) >= 11 is 0. The maximum atomic E-state index is 6.11. The number of ether oxygens (including phenoxy) is 1. The molecule has 1 aromatic rings. The van der Waals surface area contributed by atoms with Gasteiger partial charge >= 0.3 is 0 Å². The molecular formula is C19H29NO. The minimum absolute atomic E-state index is 0.236. The summed E-state index contributed by atoms with van der Waals surface area (Å²) in [6, 6.07) is 9.60. The van der Waals surface area contributed by atoms with E-state index < -0.39 is 0 Å². The Hall–Kier alpha value is -0.860. The predicted molar refractivity (Wildman–Crippen MR) is 87.5 cm³/mol. The van der Waals surface area contributed by atoms with Crippen molar-refractivity contribution in [1.29, 1.82) is 0 Å². The highest BCUT2D eigenvalue weighted by Gasteiger charge is 2.44. The van der Waals surface area contributed by atoms with Crippen LogP contribution in [0.3, 0.4) is 0 Å². The van der Waals surface area contributed by atoms with Crippen LogP contribution in [0.15, 0.2) is 24.3 Å². The number of benzene rings is 1. The molecule has 0 amide bonds. The van der Waals surface area contributed by atoms with Gasteiger partial charge in [0.1, 0.15) is 0 Å². The van der Waals surface area contributed by atoms with E-state index in [1.54, 1.807) is 0 Å². The molecule has 1 spiro atoms. The van der Waals surface area contributed by atoms with Crippen LogP contribution in [0.25, 0.3) is 0 Å². The summed E-state index contributed by atoms with van der Waals surface area (Å²) in [7, 11) is 0. The predicted octanol–water partition coefficient (Wildman–Crippen LogP) is 4.39. The standard InChI is InChI=1S/C19H29NO/c1-3-12-20-18(16-7-5-15(2)6-8-16)17-9-13-21-19(14-17)10-4-11-19/h5-8,17-18,20H,3-4,9-14H2,1-2H3. The monoisotopic (exact) mass is 287 g/mol. The summed E-state index contributed by atoms with van der Waals surface area (Å²) in [6.45, 7) is 6.45. The fourth-order valence-electron chi connectivity index (χ4n) is 3.90. The van der Waals surface area contributed by atoms with Crippen molar-refractivity contribution < 1.29 is 4.74 Å². The molecule has 1 aromatic carbocycles. The van der Waals surface area contributed by atoms with Gasteiger partial charge < -0.3 is 10.1 Å². The maximum Gasteiger partial charge on any atom is 0.0686 e.